The van der Waals surface area contributed by atoms with Gasteiger partial charge in [-0.25, -0.2) is 0 Å². The lowest BCUT2D eigenvalue weighted by Crippen LogP contribution is -2.64. The van der Waals surface area contributed by atoms with Crippen molar-refractivity contribution in [1.29, 1.82) is 0 Å². The number of ether oxygens (including phenoxy) is 4. The first kappa shape index (κ1) is 19.9. The second kappa shape index (κ2) is 8.29. The van der Waals surface area contributed by atoms with Gasteiger partial charge < -0.3 is 54.7 Å². The van der Waals surface area contributed by atoms with Gasteiger partial charge in [-0.1, -0.05) is 0 Å². The smallest absolute Gasteiger partial charge is 0.187 e. The summed E-state index contributed by atoms with van der Waals surface area (Å²) >= 11 is 0. The predicted octanol–water partition coefficient (Wildman–Crippen LogP) is -4.74. The molecule has 0 amide bonds. The molecule has 2 saturated heterocycles. The van der Waals surface area contributed by atoms with Crippen LogP contribution in [0.2, 0.25) is 0 Å². The molecular formula is C13H24O11. The molecule has 7 N–H and O–H groups in total. The number of aliphatic hydroxyl groups is 7. The van der Waals surface area contributed by atoms with Crippen LogP contribution in [0.4, 0.5) is 0 Å². The summed E-state index contributed by atoms with van der Waals surface area (Å²) in [5.74, 6) is 0. The molecule has 11 heteroatoms. The standard InChI is InChI=1S/C13H24O11/c1-21-12-10(20)8(18)11(5(3-15)23-12)24-13-9(19)7(17)6(16)4(2-14)22-13/h4-20H,2-3H2,1H3/t4-,5-,6+,7+,8-,9+,10+,11+,12-,13-/m0/s1. The van der Waals surface area contributed by atoms with Gasteiger partial charge in [0, 0.05) is 7.11 Å². The molecule has 2 aliphatic heterocycles. The lowest BCUT2D eigenvalue weighted by Gasteiger charge is -2.45. The summed E-state index contributed by atoms with van der Waals surface area (Å²) in [6, 6.07) is 0. The molecule has 10 atom stereocenters. The molecule has 2 heterocycles. The Bertz CT molecular complexity index is 392. The Morgan fingerprint density at radius 2 is 1.25 bits per heavy atom. The van der Waals surface area contributed by atoms with E-state index in [0.29, 0.717) is 0 Å². The van der Waals surface area contributed by atoms with Crippen LogP contribution in [-0.2, 0) is 18.9 Å². The van der Waals surface area contributed by atoms with E-state index in [1.165, 1.54) is 7.11 Å². The van der Waals surface area contributed by atoms with Crippen LogP contribution in [0.1, 0.15) is 0 Å². The Labute approximate surface area is 137 Å². The van der Waals surface area contributed by atoms with Crippen molar-refractivity contribution < 1.29 is 54.7 Å². The fourth-order valence-corrected chi connectivity index (χ4v) is 2.75. The van der Waals surface area contributed by atoms with E-state index < -0.39 is 74.6 Å². The SMILES string of the molecule is CO[C@H]1O[C@@H](CO)[C@@H](O[C@@H]2O[C@@H](CO)[C@@H](O)[C@@H](O)[C@H]2O)[C@@H](O)[C@H]1O. The number of rotatable bonds is 5. The molecule has 2 fully saturated rings. The monoisotopic (exact) mass is 356 g/mol. The van der Waals surface area contributed by atoms with E-state index in [2.05, 4.69) is 0 Å². The highest BCUT2D eigenvalue weighted by molar-refractivity contribution is 4.93. The molecule has 0 saturated carbocycles. The number of aliphatic hydroxyl groups excluding tert-OH is 7. The summed E-state index contributed by atoms with van der Waals surface area (Å²) < 4.78 is 20.6. The van der Waals surface area contributed by atoms with E-state index in [-0.39, 0.29) is 0 Å². The van der Waals surface area contributed by atoms with E-state index in [0.717, 1.165) is 0 Å². The van der Waals surface area contributed by atoms with Gasteiger partial charge in [-0.3, -0.25) is 0 Å². The number of hydrogen-bond donors (Lipinski definition) is 7. The summed E-state index contributed by atoms with van der Waals surface area (Å²) in [7, 11) is 1.24. The van der Waals surface area contributed by atoms with Crippen LogP contribution in [0.15, 0.2) is 0 Å². The lowest BCUT2D eigenvalue weighted by atomic mass is 9.97. The number of hydrogen-bond acceptors (Lipinski definition) is 11. The average Bonchev–Trinajstić information content (AvgIpc) is 2.59. The van der Waals surface area contributed by atoms with Crippen molar-refractivity contribution in [3.63, 3.8) is 0 Å². The third-order valence-electron chi connectivity index (χ3n) is 4.19. The van der Waals surface area contributed by atoms with Crippen LogP contribution in [-0.4, -0.2) is 117 Å². The largest absolute Gasteiger partial charge is 0.394 e. The molecule has 142 valence electrons. The van der Waals surface area contributed by atoms with Gasteiger partial charge in [0.1, 0.15) is 48.8 Å². The summed E-state index contributed by atoms with van der Waals surface area (Å²) in [6.07, 6.45) is -14.3. The van der Waals surface area contributed by atoms with Gasteiger partial charge in [0.2, 0.25) is 0 Å². The van der Waals surface area contributed by atoms with Crippen LogP contribution in [0.25, 0.3) is 0 Å². The normalized spacial score (nSPS) is 50.0. The summed E-state index contributed by atoms with van der Waals surface area (Å²) in [6.45, 7) is -1.24. The van der Waals surface area contributed by atoms with E-state index in [1.807, 2.05) is 0 Å². The van der Waals surface area contributed by atoms with Crippen molar-refractivity contribution in [1.82, 2.24) is 0 Å². The van der Waals surface area contributed by atoms with E-state index in [1.54, 1.807) is 0 Å². The fourth-order valence-electron chi connectivity index (χ4n) is 2.75. The molecule has 0 aromatic rings. The molecular weight excluding hydrogens is 332 g/mol. The zero-order chi connectivity index (χ0) is 18.0. The third-order valence-corrected chi connectivity index (χ3v) is 4.19. The first-order valence-corrected chi connectivity index (χ1v) is 7.46. The molecule has 0 aromatic heterocycles. The number of methoxy groups -OCH3 is 1. The van der Waals surface area contributed by atoms with Crippen molar-refractivity contribution in [3.05, 3.63) is 0 Å². The maximum Gasteiger partial charge on any atom is 0.187 e. The molecule has 0 aliphatic carbocycles. The molecule has 24 heavy (non-hydrogen) atoms. The molecule has 0 unspecified atom stereocenters. The van der Waals surface area contributed by atoms with Gasteiger partial charge in [0.25, 0.3) is 0 Å². The Hall–Kier alpha value is -0.440. The fraction of sp³-hybridized carbons (Fsp3) is 1.00. The van der Waals surface area contributed by atoms with Crippen molar-refractivity contribution in [3.8, 4) is 0 Å². The zero-order valence-corrected chi connectivity index (χ0v) is 13.0. The lowest BCUT2D eigenvalue weighted by molar-refractivity contribution is -0.357. The summed E-state index contributed by atoms with van der Waals surface area (Å²) in [5.41, 5.74) is 0. The van der Waals surface area contributed by atoms with Gasteiger partial charge in [0.15, 0.2) is 12.6 Å². The van der Waals surface area contributed by atoms with Crippen molar-refractivity contribution >= 4 is 0 Å². The maximum absolute atomic E-state index is 10.2. The van der Waals surface area contributed by atoms with Gasteiger partial charge >= 0.3 is 0 Å². The second-order valence-electron chi connectivity index (χ2n) is 5.74. The molecule has 0 spiro atoms. The van der Waals surface area contributed by atoms with Gasteiger partial charge in [-0.15, -0.1) is 0 Å². The van der Waals surface area contributed by atoms with Crippen molar-refractivity contribution in [2.24, 2.45) is 0 Å². The Morgan fingerprint density at radius 3 is 1.79 bits per heavy atom. The van der Waals surface area contributed by atoms with Crippen LogP contribution >= 0.6 is 0 Å². The second-order valence-corrected chi connectivity index (χ2v) is 5.74. The molecule has 0 bridgehead atoms. The highest BCUT2D eigenvalue weighted by atomic mass is 16.7. The van der Waals surface area contributed by atoms with E-state index in [9.17, 15) is 30.6 Å². The van der Waals surface area contributed by atoms with Crippen molar-refractivity contribution in [2.75, 3.05) is 20.3 Å². The average molecular weight is 356 g/mol. The predicted molar refractivity (Wildman–Crippen MR) is 73.4 cm³/mol. The van der Waals surface area contributed by atoms with Gasteiger partial charge in [-0.2, -0.15) is 0 Å². The van der Waals surface area contributed by atoms with E-state index in [4.69, 9.17) is 24.1 Å². The Balaban J connectivity index is 2.12. The zero-order valence-electron chi connectivity index (χ0n) is 13.0. The maximum atomic E-state index is 10.2. The quantitative estimate of drug-likeness (QED) is 0.251. The van der Waals surface area contributed by atoms with Gasteiger partial charge in [0.05, 0.1) is 13.2 Å². The van der Waals surface area contributed by atoms with Crippen LogP contribution < -0.4 is 0 Å². The Morgan fingerprint density at radius 1 is 0.708 bits per heavy atom. The molecule has 2 aliphatic rings. The Kier molecular flexibility index (Phi) is 6.87. The molecule has 11 nitrogen and oxygen atoms in total. The van der Waals surface area contributed by atoms with E-state index >= 15 is 0 Å². The molecule has 2 rings (SSSR count). The van der Waals surface area contributed by atoms with Crippen LogP contribution in [0, 0.1) is 0 Å². The highest BCUT2D eigenvalue weighted by Crippen LogP contribution is 2.29. The summed E-state index contributed by atoms with van der Waals surface area (Å²) in [4.78, 5) is 0. The highest BCUT2D eigenvalue weighted by Gasteiger charge is 2.50. The van der Waals surface area contributed by atoms with Crippen molar-refractivity contribution in [2.45, 2.75) is 61.4 Å². The summed E-state index contributed by atoms with van der Waals surface area (Å²) in [5, 5.41) is 68.0. The van der Waals surface area contributed by atoms with Crippen LogP contribution in [0.5, 0.6) is 0 Å². The minimum Gasteiger partial charge on any atom is -0.394 e. The third kappa shape index (κ3) is 3.71. The van der Waals surface area contributed by atoms with Gasteiger partial charge in [-0.05, 0) is 0 Å². The topological polar surface area (TPSA) is 179 Å². The molecule has 0 radical (unpaired) electrons. The minimum atomic E-state index is -1.69. The molecule has 0 aromatic carbocycles. The van der Waals surface area contributed by atoms with Crippen LogP contribution in [0.3, 0.4) is 0 Å². The first-order valence-electron chi connectivity index (χ1n) is 7.46. The minimum absolute atomic E-state index is 0.592. The first-order chi connectivity index (χ1) is 11.3.